The lowest BCUT2D eigenvalue weighted by Crippen LogP contribution is -2.48. The van der Waals surface area contributed by atoms with E-state index in [1.54, 1.807) is 11.0 Å². The van der Waals surface area contributed by atoms with Crippen LogP contribution >= 0.6 is 0 Å². The summed E-state index contributed by atoms with van der Waals surface area (Å²) in [5, 5.41) is 5.05. The maximum absolute atomic E-state index is 13.0. The average molecular weight is 543 g/mol. The van der Waals surface area contributed by atoms with Crippen LogP contribution in [0.2, 0.25) is 0 Å². The Kier molecular flexibility index (Phi) is 9.10. The van der Waals surface area contributed by atoms with E-state index in [4.69, 9.17) is 0 Å². The standard InChI is InChI=1S/C23H25F3N4O6S/c24-23(25,26)17-3-1-4-19(15-17)29-11-13-30(14-12-29)37(34,35)20-8-6-18(7-9-20)28-22(33)27-10-2-5-21(32)36-16-31/h1,3-4,6-9,15-16H,2,5,10-14H2,(H2,27,28,33). The largest absolute Gasteiger partial charge is 0.416 e. The highest BCUT2D eigenvalue weighted by molar-refractivity contribution is 7.89. The van der Waals surface area contributed by atoms with Crippen LogP contribution in [0.25, 0.3) is 0 Å². The van der Waals surface area contributed by atoms with Crippen molar-refractivity contribution in [2.75, 3.05) is 42.9 Å². The summed E-state index contributed by atoms with van der Waals surface area (Å²) < 4.78 is 70.4. The smallest absolute Gasteiger partial charge is 0.395 e. The number of esters is 1. The van der Waals surface area contributed by atoms with Gasteiger partial charge in [0.15, 0.2) is 0 Å². The molecule has 1 fully saturated rings. The van der Waals surface area contributed by atoms with Crippen LogP contribution in [0.15, 0.2) is 53.4 Å². The summed E-state index contributed by atoms with van der Waals surface area (Å²) in [5.41, 5.74) is -0.0469. The monoisotopic (exact) mass is 542 g/mol. The first-order valence-electron chi connectivity index (χ1n) is 11.2. The Hall–Kier alpha value is -3.65. The Balaban J connectivity index is 1.52. The number of rotatable bonds is 9. The molecule has 0 unspecified atom stereocenters. The van der Waals surface area contributed by atoms with Crippen molar-refractivity contribution in [3.8, 4) is 0 Å². The van der Waals surface area contributed by atoms with E-state index in [9.17, 15) is 36.0 Å². The lowest BCUT2D eigenvalue weighted by Gasteiger charge is -2.35. The zero-order chi connectivity index (χ0) is 27.1. The first kappa shape index (κ1) is 27.9. The van der Waals surface area contributed by atoms with Gasteiger partial charge in [-0.1, -0.05) is 6.07 Å². The molecule has 2 aromatic rings. The van der Waals surface area contributed by atoms with Gasteiger partial charge in [0, 0.05) is 50.5 Å². The normalized spacial score (nSPS) is 14.6. The molecule has 37 heavy (non-hydrogen) atoms. The zero-order valence-corrected chi connectivity index (χ0v) is 20.3. The molecule has 0 atom stereocenters. The van der Waals surface area contributed by atoms with E-state index < -0.39 is 33.8 Å². The van der Waals surface area contributed by atoms with E-state index in [1.165, 1.54) is 34.6 Å². The molecule has 0 aromatic heterocycles. The quantitative estimate of drug-likeness (QED) is 0.216. The summed E-state index contributed by atoms with van der Waals surface area (Å²) in [4.78, 5) is 34.8. The van der Waals surface area contributed by atoms with Gasteiger partial charge in [-0.25, -0.2) is 13.2 Å². The fourth-order valence-electron chi connectivity index (χ4n) is 3.65. The third-order valence-corrected chi connectivity index (χ3v) is 7.46. The lowest BCUT2D eigenvalue weighted by molar-refractivity contribution is -0.151. The van der Waals surface area contributed by atoms with Crippen LogP contribution in [0, 0.1) is 0 Å². The topological polar surface area (TPSA) is 125 Å². The van der Waals surface area contributed by atoms with Gasteiger partial charge in [0.2, 0.25) is 10.0 Å². The summed E-state index contributed by atoms with van der Waals surface area (Å²) in [5.74, 6) is -0.703. The number of hydrogen-bond acceptors (Lipinski definition) is 7. The van der Waals surface area contributed by atoms with Gasteiger partial charge >= 0.3 is 24.6 Å². The van der Waals surface area contributed by atoms with E-state index in [-0.39, 0.29) is 56.9 Å². The molecule has 2 N–H and O–H groups in total. The van der Waals surface area contributed by atoms with Crippen LogP contribution < -0.4 is 15.5 Å². The second kappa shape index (κ2) is 12.1. The number of nitrogens with one attached hydrogen (secondary N) is 2. The summed E-state index contributed by atoms with van der Waals surface area (Å²) in [6.45, 7) is 0.842. The number of nitrogens with zero attached hydrogens (tertiary/aromatic N) is 2. The average Bonchev–Trinajstić information content (AvgIpc) is 2.87. The molecule has 0 bridgehead atoms. The highest BCUT2D eigenvalue weighted by Crippen LogP contribution is 2.32. The number of alkyl halides is 3. The van der Waals surface area contributed by atoms with Crippen LogP contribution in [0.3, 0.4) is 0 Å². The molecule has 200 valence electrons. The summed E-state index contributed by atoms with van der Waals surface area (Å²) in [6, 6.07) is 9.89. The van der Waals surface area contributed by atoms with E-state index in [1.807, 2.05) is 0 Å². The minimum Gasteiger partial charge on any atom is -0.395 e. The van der Waals surface area contributed by atoms with Gasteiger partial charge < -0.3 is 20.3 Å². The van der Waals surface area contributed by atoms with Gasteiger partial charge in [-0.3, -0.25) is 9.59 Å². The SMILES string of the molecule is O=COC(=O)CCCNC(=O)Nc1ccc(S(=O)(=O)N2CCN(c3cccc(C(F)(F)F)c3)CC2)cc1. The van der Waals surface area contributed by atoms with E-state index in [2.05, 4.69) is 15.4 Å². The van der Waals surface area contributed by atoms with Crippen LogP contribution in [0.1, 0.15) is 18.4 Å². The second-order valence-corrected chi connectivity index (χ2v) is 9.97. The highest BCUT2D eigenvalue weighted by atomic mass is 32.2. The first-order chi connectivity index (χ1) is 17.5. The molecule has 1 heterocycles. The number of amides is 2. The second-order valence-electron chi connectivity index (χ2n) is 8.03. The van der Waals surface area contributed by atoms with Crippen LogP contribution in [0.4, 0.5) is 29.3 Å². The molecule has 2 amide bonds. The summed E-state index contributed by atoms with van der Waals surface area (Å²) in [6.07, 6.45) is -4.24. The Bertz CT molecular complexity index is 1210. The minimum atomic E-state index is -4.46. The Morgan fingerprint density at radius 2 is 1.70 bits per heavy atom. The first-order valence-corrected chi connectivity index (χ1v) is 12.6. The number of urea groups is 1. The van der Waals surface area contributed by atoms with Crippen LogP contribution in [0.5, 0.6) is 0 Å². The van der Waals surface area contributed by atoms with Gasteiger partial charge in [0.1, 0.15) is 0 Å². The number of anilines is 2. The van der Waals surface area contributed by atoms with Gasteiger partial charge in [0.25, 0.3) is 0 Å². The fourth-order valence-corrected chi connectivity index (χ4v) is 5.07. The number of carbonyl (C=O) groups excluding carboxylic acids is 3. The van der Waals surface area contributed by atoms with E-state index in [0.717, 1.165) is 12.1 Å². The molecule has 0 aliphatic carbocycles. The molecule has 3 rings (SSSR count). The van der Waals surface area contributed by atoms with Gasteiger partial charge in [-0.2, -0.15) is 17.5 Å². The Labute approximate surface area is 211 Å². The summed E-state index contributed by atoms with van der Waals surface area (Å²) >= 11 is 0. The maximum atomic E-state index is 13.0. The van der Waals surface area contributed by atoms with Crippen LogP contribution in [-0.2, 0) is 30.5 Å². The number of ether oxygens (including phenoxy) is 1. The number of hydrogen-bond donors (Lipinski definition) is 2. The summed E-state index contributed by atoms with van der Waals surface area (Å²) in [7, 11) is -3.85. The predicted molar refractivity (Wildman–Crippen MR) is 127 cm³/mol. The Morgan fingerprint density at radius 3 is 2.32 bits per heavy atom. The number of halogens is 3. The Morgan fingerprint density at radius 1 is 1.03 bits per heavy atom. The van der Waals surface area contributed by atoms with E-state index in [0.29, 0.717) is 11.4 Å². The van der Waals surface area contributed by atoms with Crippen molar-refractivity contribution in [1.29, 1.82) is 0 Å². The molecule has 0 saturated carbocycles. The molecule has 2 aromatic carbocycles. The molecular weight excluding hydrogens is 517 g/mol. The molecule has 0 radical (unpaired) electrons. The third-order valence-electron chi connectivity index (χ3n) is 5.55. The minimum absolute atomic E-state index is 0.0136. The highest BCUT2D eigenvalue weighted by Gasteiger charge is 2.32. The van der Waals surface area contributed by atoms with Crippen molar-refractivity contribution in [3.63, 3.8) is 0 Å². The molecule has 10 nitrogen and oxygen atoms in total. The number of benzene rings is 2. The fraction of sp³-hybridized carbons (Fsp3) is 0.348. The van der Waals surface area contributed by atoms with Crippen molar-refractivity contribution in [2.24, 2.45) is 0 Å². The van der Waals surface area contributed by atoms with Crippen molar-refractivity contribution < 1.29 is 40.7 Å². The predicted octanol–water partition coefficient (Wildman–Crippen LogP) is 2.82. The van der Waals surface area contributed by atoms with Crippen molar-refractivity contribution in [3.05, 3.63) is 54.1 Å². The van der Waals surface area contributed by atoms with Gasteiger partial charge in [0.05, 0.1) is 10.5 Å². The van der Waals surface area contributed by atoms with Crippen molar-refractivity contribution in [1.82, 2.24) is 9.62 Å². The molecule has 1 aliphatic rings. The third kappa shape index (κ3) is 7.67. The number of sulfonamides is 1. The van der Waals surface area contributed by atoms with Gasteiger partial charge in [-0.05, 0) is 48.9 Å². The molecule has 1 aliphatic heterocycles. The molecule has 1 saturated heterocycles. The van der Waals surface area contributed by atoms with E-state index >= 15 is 0 Å². The van der Waals surface area contributed by atoms with Crippen molar-refractivity contribution >= 4 is 39.9 Å². The van der Waals surface area contributed by atoms with Gasteiger partial charge in [-0.15, -0.1) is 0 Å². The molecule has 0 spiro atoms. The number of carbonyl (C=O) groups is 3. The molecular formula is C23H25F3N4O6S. The van der Waals surface area contributed by atoms with Crippen LogP contribution in [-0.4, -0.2) is 63.9 Å². The lowest BCUT2D eigenvalue weighted by atomic mass is 10.1. The maximum Gasteiger partial charge on any atom is 0.416 e. The molecule has 14 heteroatoms. The zero-order valence-electron chi connectivity index (χ0n) is 19.5. The number of piperazine rings is 1. The van der Waals surface area contributed by atoms with Crippen molar-refractivity contribution in [2.45, 2.75) is 23.9 Å².